The van der Waals surface area contributed by atoms with Gasteiger partial charge in [-0.25, -0.2) is 4.98 Å². The number of nitrogens with one attached hydrogen (secondary N) is 1. The zero-order valence-corrected chi connectivity index (χ0v) is 13.0. The normalized spacial score (nSPS) is 13.5. The largest absolute Gasteiger partial charge is 0.493 e. The number of aromatic nitrogens is 1. The molecular weight excluding hydrogens is 316 g/mol. The average molecular weight is 333 g/mol. The minimum atomic E-state index is 0.779. The summed E-state index contributed by atoms with van der Waals surface area (Å²) in [7, 11) is 0. The first-order chi connectivity index (χ1) is 9.72. The number of anilines is 1. The minimum absolute atomic E-state index is 0.779. The van der Waals surface area contributed by atoms with Crippen LogP contribution in [0.15, 0.2) is 34.8 Å². The summed E-state index contributed by atoms with van der Waals surface area (Å²) in [5, 5.41) is 3.36. The van der Waals surface area contributed by atoms with Gasteiger partial charge in [-0.3, -0.25) is 0 Å². The summed E-state index contributed by atoms with van der Waals surface area (Å²) in [6, 6.07) is 10.4. The van der Waals surface area contributed by atoms with Crippen LogP contribution in [0.3, 0.4) is 0 Å². The molecule has 1 aliphatic rings. The Balaban J connectivity index is 1.70. The van der Waals surface area contributed by atoms with Crippen molar-refractivity contribution in [3.63, 3.8) is 0 Å². The lowest BCUT2D eigenvalue weighted by atomic mass is 10.0. The topological polar surface area (TPSA) is 34.2 Å². The van der Waals surface area contributed by atoms with Gasteiger partial charge in [-0.05, 0) is 65.0 Å². The number of aryl methyl sites for hydroxylation is 2. The lowest BCUT2D eigenvalue weighted by Gasteiger charge is -2.18. The molecule has 3 rings (SSSR count). The van der Waals surface area contributed by atoms with Crippen molar-refractivity contribution in [1.82, 2.24) is 4.98 Å². The van der Waals surface area contributed by atoms with E-state index in [2.05, 4.69) is 44.4 Å². The van der Waals surface area contributed by atoms with Crippen molar-refractivity contribution in [2.45, 2.75) is 26.3 Å². The van der Waals surface area contributed by atoms with Gasteiger partial charge in [0, 0.05) is 11.0 Å². The molecule has 1 aliphatic heterocycles. The third-order valence-electron chi connectivity index (χ3n) is 3.47. The predicted octanol–water partition coefficient (Wildman–Crippen LogP) is 4.09. The highest BCUT2D eigenvalue weighted by molar-refractivity contribution is 9.10. The van der Waals surface area contributed by atoms with Gasteiger partial charge in [0.25, 0.3) is 0 Å². The zero-order valence-electron chi connectivity index (χ0n) is 11.4. The van der Waals surface area contributed by atoms with Crippen LogP contribution in [0.25, 0.3) is 0 Å². The van der Waals surface area contributed by atoms with Crippen molar-refractivity contribution in [3.05, 3.63) is 51.6 Å². The van der Waals surface area contributed by atoms with Gasteiger partial charge in [-0.1, -0.05) is 12.1 Å². The Morgan fingerprint density at radius 3 is 3.05 bits per heavy atom. The van der Waals surface area contributed by atoms with Crippen LogP contribution >= 0.6 is 15.9 Å². The van der Waals surface area contributed by atoms with Crippen LogP contribution in [0.1, 0.15) is 23.2 Å². The molecule has 20 heavy (non-hydrogen) atoms. The molecule has 4 heteroatoms. The molecule has 0 saturated heterocycles. The summed E-state index contributed by atoms with van der Waals surface area (Å²) in [5.74, 6) is 1.94. The molecule has 104 valence electrons. The standard InChI is InChI=1S/C16H17BrN2O/c1-11-14(17)5-7-16(19-11)18-10-12-4-6-15-13(9-12)3-2-8-20-15/h4-7,9H,2-3,8,10H2,1H3,(H,18,19). The van der Waals surface area contributed by atoms with E-state index in [-0.39, 0.29) is 0 Å². The molecular formula is C16H17BrN2O. The van der Waals surface area contributed by atoms with E-state index in [1.54, 1.807) is 0 Å². The van der Waals surface area contributed by atoms with E-state index in [1.807, 2.05) is 19.1 Å². The third kappa shape index (κ3) is 2.96. The zero-order chi connectivity index (χ0) is 13.9. The van der Waals surface area contributed by atoms with Crippen molar-refractivity contribution < 1.29 is 4.74 Å². The van der Waals surface area contributed by atoms with E-state index in [0.717, 1.165) is 47.7 Å². The molecule has 0 unspecified atom stereocenters. The number of hydrogen-bond donors (Lipinski definition) is 1. The highest BCUT2D eigenvalue weighted by atomic mass is 79.9. The lowest BCUT2D eigenvalue weighted by Crippen LogP contribution is -2.09. The van der Waals surface area contributed by atoms with Gasteiger partial charge in [-0.15, -0.1) is 0 Å². The highest BCUT2D eigenvalue weighted by Crippen LogP contribution is 2.26. The Morgan fingerprint density at radius 1 is 1.30 bits per heavy atom. The third-order valence-corrected chi connectivity index (χ3v) is 4.31. The van der Waals surface area contributed by atoms with E-state index >= 15 is 0 Å². The Hall–Kier alpha value is -1.55. The van der Waals surface area contributed by atoms with Crippen molar-refractivity contribution in [2.75, 3.05) is 11.9 Å². The molecule has 1 N–H and O–H groups in total. The maximum Gasteiger partial charge on any atom is 0.126 e. The maximum atomic E-state index is 5.63. The van der Waals surface area contributed by atoms with E-state index in [0.29, 0.717) is 0 Å². The quantitative estimate of drug-likeness (QED) is 0.919. The second kappa shape index (κ2) is 5.83. The Bertz CT molecular complexity index is 628. The molecule has 0 spiro atoms. The summed E-state index contributed by atoms with van der Waals surface area (Å²) in [4.78, 5) is 4.49. The monoisotopic (exact) mass is 332 g/mol. The van der Waals surface area contributed by atoms with Crippen molar-refractivity contribution in [1.29, 1.82) is 0 Å². The molecule has 2 aromatic rings. The molecule has 1 aromatic carbocycles. The van der Waals surface area contributed by atoms with Crippen molar-refractivity contribution in [2.24, 2.45) is 0 Å². The summed E-state index contributed by atoms with van der Waals surface area (Å²) in [6.07, 6.45) is 2.22. The smallest absolute Gasteiger partial charge is 0.126 e. The van der Waals surface area contributed by atoms with Crippen LogP contribution in [0.4, 0.5) is 5.82 Å². The van der Waals surface area contributed by atoms with Crippen molar-refractivity contribution >= 4 is 21.7 Å². The van der Waals surface area contributed by atoms with E-state index in [1.165, 1.54) is 11.1 Å². The van der Waals surface area contributed by atoms with Gasteiger partial charge in [0.2, 0.25) is 0 Å². The number of fused-ring (bicyclic) bond motifs is 1. The molecule has 0 radical (unpaired) electrons. The van der Waals surface area contributed by atoms with Crippen LogP contribution in [-0.4, -0.2) is 11.6 Å². The molecule has 0 aliphatic carbocycles. The first kappa shape index (κ1) is 13.4. The number of hydrogen-bond acceptors (Lipinski definition) is 3. The van der Waals surface area contributed by atoms with Crippen molar-refractivity contribution in [3.8, 4) is 5.75 Å². The Labute approximate surface area is 127 Å². The van der Waals surface area contributed by atoms with Gasteiger partial charge in [0.15, 0.2) is 0 Å². The van der Waals surface area contributed by atoms with Crippen LogP contribution in [0.2, 0.25) is 0 Å². The van der Waals surface area contributed by atoms with Crippen LogP contribution in [0, 0.1) is 6.92 Å². The fourth-order valence-corrected chi connectivity index (χ4v) is 2.58. The molecule has 0 fully saturated rings. The summed E-state index contributed by atoms with van der Waals surface area (Å²) in [6.45, 7) is 3.61. The summed E-state index contributed by atoms with van der Waals surface area (Å²) < 4.78 is 6.67. The molecule has 3 nitrogen and oxygen atoms in total. The molecule has 0 saturated carbocycles. The first-order valence-corrected chi connectivity index (χ1v) is 7.63. The van der Waals surface area contributed by atoms with Gasteiger partial charge < -0.3 is 10.1 Å². The maximum absolute atomic E-state index is 5.63. The summed E-state index contributed by atoms with van der Waals surface area (Å²) in [5.41, 5.74) is 3.57. The number of rotatable bonds is 3. The molecule has 0 amide bonds. The second-order valence-electron chi connectivity index (χ2n) is 5.01. The fourth-order valence-electron chi connectivity index (χ4n) is 2.36. The van der Waals surface area contributed by atoms with Gasteiger partial charge >= 0.3 is 0 Å². The van der Waals surface area contributed by atoms with Gasteiger partial charge in [-0.2, -0.15) is 0 Å². The van der Waals surface area contributed by atoms with Gasteiger partial charge in [0.05, 0.1) is 12.3 Å². The fraction of sp³-hybridized carbons (Fsp3) is 0.312. The second-order valence-corrected chi connectivity index (χ2v) is 5.87. The predicted molar refractivity (Wildman–Crippen MR) is 84.3 cm³/mol. The van der Waals surface area contributed by atoms with Crippen LogP contribution in [0.5, 0.6) is 5.75 Å². The number of nitrogens with zero attached hydrogens (tertiary/aromatic N) is 1. The molecule has 1 aromatic heterocycles. The highest BCUT2D eigenvalue weighted by Gasteiger charge is 2.10. The minimum Gasteiger partial charge on any atom is -0.493 e. The van der Waals surface area contributed by atoms with E-state index in [4.69, 9.17) is 4.74 Å². The van der Waals surface area contributed by atoms with E-state index < -0.39 is 0 Å². The molecule has 0 bridgehead atoms. The van der Waals surface area contributed by atoms with Crippen LogP contribution < -0.4 is 10.1 Å². The van der Waals surface area contributed by atoms with E-state index in [9.17, 15) is 0 Å². The number of pyridine rings is 1. The Morgan fingerprint density at radius 2 is 2.20 bits per heavy atom. The van der Waals surface area contributed by atoms with Gasteiger partial charge in [0.1, 0.15) is 11.6 Å². The van der Waals surface area contributed by atoms with Crippen LogP contribution in [-0.2, 0) is 13.0 Å². The molecule has 2 heterocycles. The average Bonchev–Trinajstić information content (AvgIpc) is 2.48. The number of benzene rings is 1. The molecule has 0 atom stereocenters. The number of ether oxygens (including phenoxy) is 1. The number of halogens is 1. The SMILES string of the molecule is Cc1nc(NCc2ccc3c(c2)CCCO3)ccc1Br. The first-order valence-electron chi connectivity index (χ1n) is 6.84. The Kier molecular flexibility index (Phi) is 3.92. The lowest BCUT2D eigenvalue weighted by molar-refractivity contribution is 0.288. The summed E-state index contributed by atoms with van der Waals surface area (Å²) >= 11 is 3.46.